The van der Waals surface area contributed by atoms with Crippen LogP contribution in [0.5, 0.6) is 0 Å². The maximum absolute atomic E-state index is 8.64. The molecular formula is C42H40IrN2Si-2. The molecule has 0 amide bonds. The minimum Gasteiger partial charge on any atom is -0.305 e. The third-order valence-electron chi connectivity index (χ3n) is 7.85. The van der Waals surface area contributed by atoms with Crippen LogP contribution in [0.4, 0.5) is 0 Å². The normalized spacial score (nSPS) is 12.6. The number of pyridine rings is 2. The number of nitrogens with zero attached hydrogens (tertiary/aromatic N) is 2. The maximum Gasteiger partial charge on any atom is 0.0795 e. The van der Waals surface area contributed by atoms with Gasteiger partial charge in [0.1, 0.15) is 0 Å². The van der Waals surface area contributed by atoms with E-state index in [1.807, 2.05) is 63.4 Å². The Morgan fingerprint density at radius 3 is 1.85 bits per heavy atom. The molecule has 0 saturated heterocycles. The van der Waals surface area contributed by atoms with Crippen LogP contribution in [0, 0.1) is 17.5 Å². The molecule has 2 aromatic heterocycles. The predicted octanol–water partition coefficient (Wildman–Crippen LogP) is 10.7. The molecule has 0 bridgehead atoms. The van der Waals surface area contributed by atoms with Gasteiger partial charge in [-0.3, -0.25) is 0 Å². The average molecular weight is 795 g/mol. The minimum absolute atomic E-state index is 0. The second-order valence-electron chi connectivity index (χ2n) is 13.5. The fourth-order valence-electron chi connectivity index (χ4n) is 5.63. The van der Waals surface area contributed by atoms with E-state index in [-0.39, 0.29) is 20.1 Å². The van der Waals surface area contributed by atoms with Crippen molar-refractivity contribution in [1.29, 1.82) is 0 Å². The van der Waals surface area contributed by atoms with Gasteiger partial charge in [-0.25, -0.2) is 0 Å². The number of hydrogen-bond donors (Lipinski definition) is 0. The first kappa shape index (κ1) is 30.7. The minimum atomic E-state index is -1.47. The maximum atomic E-state index is 8.64. The van der Waals surface area contributed by atoms with Crippen LogP contribution < -0.4 is 5.19 Å². The Labute approximate surface area is 291 Å². The quantitative estimate of drug-likeness (QED) is 0.101. The van der Waals surface area contributed by atoms with Crippen molar-refractivity contribution in [2.24, 2.45) is 5.41 Å². The van der Waals surface area contributed by atoms with Crippen molar-refractivity contribution in [1.82, 2.24) is 9.97 Å². The van der Waals surface area contributed by atoms with Gasteiger partial charge in [0.25, 0.3) is 0 Å². The number of benzene rings is 5. The summed E-state index contributed by atoms with van der Waals surface area (Å²) in [6.07, 6.45) is 2.25. The summed E-state index contributed by atoms with van der Waals surface area (Å²) in [5.74, 6) is 0. The largest absolute Gasteiger partial charge is 0.305 e. The van der Waals surface area contributed by atoms with Crippen molar-refractivity contribution < 1.29 is 22.8 Å². The van der Waals surface area contributed by atoms with Crippen LogP contribution in [0.3, 0.4) is 0 Å². The van der Waals surface area contributed by atoms with Crippen molar-refractivity contribution in [2.45, 2.75) is 46.8 Å². The van der Waals surface area contributed by atoms with E-state index in [2.05, 4.69) is 108 Å². The van der Waals surface area contributed by atoms with Crippen LogP contribution in [0.1, 0.15) is 29.1 Å². The first-order valence-electron chi connectivity index (χ1n) is 16.5. The van der Waals surface area contributed by atoms with Crippen LogP contribution in [0.15, 0.2) is 122 Å². The molecule has 0 N–H and O–H groups in total. The van der Waals surface area contributed by atoms with E-state index in [9.17, 15) is 0 Å². The molecule has 0 spiro atoms. The first-order chi connectivity index (χ1) is 22.3. The Hall–Kier alpha value is -3.95. The van der Waals surface area contributed by atoms with Gasteiger partial charge < -0.3 is 9.97 Å². The van der Waals surface area contributed by atoms with E-state index in [0.717, 1.165) is 27.9 Å². The SMILES string of the molecule is C[Si](C)(C)c1ccc(-c2[c-]cccc2)nc1.[2H]C([2H])(c1ccnc(-c2[c-]cc3c4ccccc4c4ccccc4c3c2)c1)C(C)(C)C.[Ir]. The standard InChI is InChI=1S/C28H24N.C14H16NSi.Ir/c1-28(2,3)18-19-14-15-29-27(16-19)20-12-13-25-23-10-5-4-8-21(23)22-9-6-7-11-24(22)26(25)17-20;1-16(2,3)13-9-10-14(15-11-13)12-7-5-4-6-8-12;/h4-11,13-17H,18H2,1-3H3;4-7,9-11H,1-3H3;/q2*-1;/i18D2;;. The fraction of sp³-hybridized carbons (Fsp3) is 0.190. The summed E-state index contributed by atoms with van der Waals surface area (Å²) < 4.78 is 17.3. The summed E-state index contributed by atoms with van der Waals surface area (Å²) in [5, 5.41) is 8.61. The van der Waals surface area contributed by atoms with Crippen molar-refractivity contribution in [2.75, 3.05) is 0 Å². The molecule has 7 rings (SSSR count). The van der Waals surface area contributed by atoms with Gasteiger partial charge in [0.05, 0.1) is 8.07 Å². The van der Waals surface area contributed by atoms with Crippen LogP contribution in [-0.4, -0.2) is 18.0 Å². The second-order valence-corrected chi connectivity index (χ2v) is 18.6. The van der Waals surface area contributed by atoms with Crippen LogP contribution in [-0.2, 0) is 26.5 Å². The van der Waals surface area contributed by atoms with Gasteiger partial charge >= 0.3 is 0 Å². The molecule has 4 heteroatoms. The molecule has 0 aliphatic rings. The van der Waals surface area contributed by atoms with Gasteiger partial charge in [0.2, 0.25) is 0 Å². The van der Waals surface area contributed by atoms with E-state index >= 15 is 0 Å². The molecule has 233 valence electrons. The van der Waals surface area contributed by atoms with Gasteiger partial charge in [-0.2, -0.15) is 0 Å². The monoisotopic (exact) mass is 795 g/mol. The molecule has 2 heterocycles. The summed E-state index contributed by atoms with van der Waals surface area (Å²) in [5.41, 5.74) is 3.80. The molecule has 0 aliphatic heterocycles. The molecule has 2 nitrogen and oxygen atoms in total. The predicted molar refractivity (Wildman–Crippen MR) is 196 cm³/mol. The number of aromatic nitrogens is 2. The van der Waals surface area contributed by atoms with Gasteiger partial charge in [-0.15, -0.1) is 59.7 Å². The average Bonchev–Trinajstić information content (AvgIpc) is 3.08. The van der Waals surface area contributed by atoms with Crippen LogP contribution in [0.2, 0.25) is 19.6 Å². The Bertz CT molecular complexity index is 2150. The first-order valence-corrected chi connectivity index (χ1v) is 19.0. The van der Waals surface area contributed by atoms with Crippen molar-refractivity contribution in [3.63, 3.8) is 0 Å². The topological polar surface area (TPSA) is 25.8 Å². The van der Waals surface area contributed by atoms with E-state index in [0.29, 0.717) is 5.56 Å². The van der Waals surface area contributed by atoms with E-state index < -0.39 is 19.9 Å². The number of rotatable bonds is 4. The summed E-state index contributed by atoms with van der Waals surface area (Å²) in [6.45, 7) is 12.8. The molecule has 0 unspecified atom stereocenters. The second kappa shape index (κ2) is 13.8. The third kappa shape index (κ3) is 7.53. The Morgan fingerprint density at radius 2 is 1.28 bits per heavy atom. The fourth-order valence-corrected chi connectivity index (χ4v) is 6.66. The molecule has 0 aliphatic carbocycles. The molecule has 46 heavy (non-hydrogen) atoms. The van der Waals surface area contributed by atoms with Gasteiger partial charge in [-0.05, 0) is 50.6 Å². The Kier molecular flexibility index (Phi) is 9.21. The zero-order valence-corrected chi connectivity index (χ0v) is 30.7. The van der Waals surface area contributed by atoms with Crippen LogP contribution >= 0.6 is 0 Å². The summed E-state index contributed by atoms with van der Waals surface area (Å²) in [6, 6.07) is 43.7. The molecule has 0 saturated carbocycles. The Morgan fingerprint density at radius 1 is 0.652 bits per heavy atom. The smallest absolute Gasteiger partial charge is 0.0795 e. The zero-order valence-electron chi connectivity index (χ0n) is 29.3. The number of hydrogen-bond acceptors (Lipinski definition) is 2. The summed E-state index contributed by atoms with van der Waals surface area (Å²) >= 11 is 0. The summed E-state index contributed by atoms with van der Waals surface area (Å²) in [4.78, 5) is 9.08. The van der Waals surface area contributed by atoms with E-state index in [1.54, 1.807) is 12.3 Å². The number of fused-ring (bicyclic) bond motifs is 6. The van der Waals surface area contributed by atoms with Gasteiger partial charge in [0, 0.05) is 35.2 Å². The molecule has 0 atom stereocenters. The Balaban J connectivity index is 0.000000224. The van der Waals surface area contributed by atoms with Crippen molar-refractivity contribution in [3.8, 4) is 22.5 Å². The van der Waals surface area contributed by atoms with E-state index in [4.69, 9.17) is 2.74 Å². The zero-order chi connectivity index (χ0) is 33.4. The van der Waals surface area contributed by atoms with Crippen molar-refractivity contribution >= 4 is 45.6 Å². The van der Waals surface area contributed by atoms with Crippen molar-refractivity contribution in [3.05, 3.63) is 139 Å². The van der Waals surface area contributed by atoms with E-state index in [1.165, 1.54) is 32.1 Å². The van der Waals surface area contributed by atoms with Crippen LogP contribution in [0.25, 0.3) is 54.8 Å². The molecular weight excluding hydrogens is 753 g/mol. The van der Waals surface area contributed by atoms with Gasteiger partial charge in [-0.1, -0.05) is 129 Å². The molecule has 5 aromatic carbocycles. The third-order valence-corrected chi connectivity index (χ3v) is 9.87. The molecule has 1 radical (unpaired) electrons. The molecule has 7 aromatic rings. The molecule has 0 fully saturated rings. The summed E-state index contributed by atoms with van der Waals surface area (Å²) in [7, 11) is -1.23. The van der Waals surface area contributed by atoms with Gasteiger partial charge in [0.15, 0.2) is 0 Å².